The van der Waals surface area contributed by atoms with Gasteiger partial charge in [0.1, 0.15) is 6.54 Å². The summed E-state index contributed by atoms with van der Waals surface area (Å²) in [7, 11) is 1.46. The van der Waals surface area contributed by atoms with Gasteiger partial charge in [0, 0.05) is 13.2 Å². The van der Waals surface area contributed by atoms with Crippen molar-refractivity contribution in [3.05, 3.63) is 22.9 Å². The van der Waals surface area contributed by atoms with Gasteiger partial charge >= 0.3 is 11.9 Å². The molecule has 2 rings (SSSR count). The summed E-state index contributed by atoms with van der Waals surface area (Å²) in [6, 6.07) is 0. The molecule has 0 unspecified atom stereocenters. The zero-order chi connectivity index (χ0) is 12.6. The summed E-state index contributed by atoms with van der Waals surface area (Å²) in [4.78, 5) is 11.1. The number of rotatable bonds is 2. The van der Waals surface area contributed by atoms with Gasteiger partial charge in [0.25, 0.3) is 0 Å². The second-order valence-corrected chi connectivity index (χ2v) is 3.45. The Hall–Kier alpha value is -2.06. The van der Waals surface area contributed by atoms with E-state index in [-0.39, 0.29) is 5.82 Å². The molecule has 0 aliphatic rings. The summed E-state index contributed by atoms with van der Waals surface area (Å²) in [5.74, 6) is 0.239. The summed E-state index contributed by atoms with van der Waals surface area (Å²) >= 11 is 0. The van der Waals surface area contributed by atoms with E-state index in [1.54, 1.807) is 0 Å². The highest BCUT2D eigenvalue weighted by atomic mass is 19.4. The average Bonchev–Trinajstić information content (AvgIpc) is 2.74. The topological polar surface area (TPSA) is 68.5 Å². The molecule has 0 spiro atoms. The monoisotopic (exact) mass is 247 g/mol. The molecule has 92 valence electrons. The van der Waals surface area contributed by atoms with Gasteiger partial charge in [-0.1, -0.05) is 0 Å². The van der Waals surface area contributed by atoms with Gasteiger partial charge in [0.2, 0.25) is 0 Å². The highest BCUT2D eigenvalue weighted by molar-refractivity contribution is 5.51. The van der Waals surface area contributed by atoms with Crippen LogP contribution in [0.5, 0.6) is 0 Å². The second-order valence-electron chi connectivity index (χ2n) is 3.45. The fourth-order valence-corrected chi connectivity index (χ4v) is 1.35. The Bertz CT molecular complexity index is 578. The third-order valence-corrected chi connectivity index (χ3v) is 2.11. The van der Waals surface area contributed by atoms with E-state index in [9.17, 15) is 18.0 Å². The number of nitrogens with one attached hydrogen (secondary N) is 1. The van der Waals surface area contributed by atoms with Crippen molar-refractivity contribution < 1.29 is 13.2 Å². The fourth-order valence-electron chi connectivity index (χ4n) is 1.35. The molecule has 1 N–H and O–H groups in total. The van der Waals surface area contributed by atoms with Gasteiger partial charge in [0.15, 0.2) is 5.82 Å². The Labute approximate surface area is 92.7 Å². The Balaban J connectivity index is 2.30. The number of nitrogens with zero attached hydrogens (tertiary/aromatic N) is 4. The smallest absolute Gasteiger partial charge is 0.278 e. The molecule has 0 amide bonds. The molecule has 2 heterocycles. The van der Waals surface area contributed by atoms with Gasteiger partial charge in [-0.3, -0.25) is 9.25 Å². The van der Waals surface area contributed by atoms with Crippen LogP contribution in [0.15, 0.2) is 17.2 Å². The summed E-state index contributed by atoms with van der Waals surface area (Å²) in [5.41, 5.74) is -0.0985. The van der Waals surface area contributed by atoms with Crippen molar-refractivity contribution in [3.63, 3.8) is 0 Å². The summed E-state index contributed by atoms with van der Waals surface area (Å²) in [6.07, 6.45) is -1.93. The van der Waals surface area contributed by atoms with Crippen LogP contribution in [0.2, 0.25) is 0 Å². The minimum atomic E-state index is -4.33. The first-order valence-electron chi connectivity index (χ1n) is 4.58. The molecule has 2 aromatic rings. The molecule has 0 saturated heterocycles. The minimum absolute atomic E-state index is 0.239. The van der Waals surface area contributed by atoms with Gasteiger partial charge in [-0.05, 0) is 0 Å². The quantitative estimate of drug-likeness (QED) is 0.841. The maximum Gasteiger partial charge on any atom is 0.408 e. The number of hydrogen-bond acceptors (Lipinski definition) is 3. The summed E-state index contributed by atoms with van der Waals surface area (Å²) in [6.45, 7) is -1.18. The van der Waals surface area contributed by atoms with Gasteiger partial charge in [-0.2, -0.15) is 23.4 Å². The van der Waals surface area contributed by atoms with E-state index in [1.165, 1.54) is 24.0 Å². The first-order chi connectivity index (χ1) is 7.87. The van der Waals surface area contributed by atoms with Crippen LogP contribution in [0.1, 0.15) is 0 Å². The maximum absolute atomic E-state index is 12.1. The molecule has 0 bridgehead atoms. The van der Waals surface area contributed by atoms with Crippen molar-refractivity contribution in [1.82, 2.24) is 24.5 Å². The van der Waals surface area contributed by atoms with Crippen LogP contribution in [0.4, 0.5) is 13.2 Å². The predicted octanol–water partition coefficient (Wildman–Crippen LogP) is 0.534. The molecule has 6 nitrogen and oxygen atoms in total. The van der Waals surface area contributed by atoms with Gasteiger partial charge in [-0.15, -0.1) is 0 Å². The van der Waals surface area contributed by atoms with E-state index in [1.807, 2.05) is 0 Å². The van der Waals surface area contributed by atoms with E-state index in [0.717, 1.165) is 4.68 Å². The number of hydrogen-bond donors (Lipinski definition) is 1. The van der Waals surface area contributed by atoms with Crippen molar-refractivity contribution in [2.45, 2.75) is 12.7 Å². The number of aromatic nitrogens is 5. The summed E-state index contributed by atoms with van der Waals surface area (Å²) in [5, 5.41) is 9.43. The molecule has 0 aromatic carbocycles. The summed E-state index contributed by atoms with van der Waals surface area (Å²) < 4.78 is 38.2. The third kappa shape index (κ3) is 2.37. The van der Waals surface area contributed by atoms with E-state index < -0.39 is 18.4 Å². The van der Waals surface area contributed by atoms with E-state index >= 15 is 0 Å². The van der Waals surface area contributed by atoms with Crippen molar-refractivity contribution in [2.75, 3.05) is 0 Å². The molecular weight excluding hydrogens is 239 g/mol. The SMILES string of the molecule is Cn1c(-c2cnn(CC(F)(F)F)c2)n[nH]c1=O. The first kappa shape index (κ1) is 11.4. The van der Waals surface area contributed by atoms with Crippen molar-refractivity contribution in [3.8, 4) is 11.4 Å². The molecule has 2 aromatic heterocycles. The third-order valence-electron chi connectivity index (χ3n) is 2.11. The number of aromatic amines is 1. The highest BCUT2D eigenvalue weighted by Crippen LogP contribution is 2.19. The van der Waals surface area contributed by atoms with E-state index in [2.05, 4.69) is 15.3 Å². The molecule has 0 aliphatic carbocycles. The van der Waals surface area contributed by atoms with Gasteiger partial charge in [-0.25, -0.2) is 9.89 Å². The molecule has 17 heavy (non-hydrogen) atoms. The number of halogens is 3. The molecule has 0 saturated carbocycles. The lowest BCUT2D eigenvalue weighted by Gasteiger charge is -2.04. The molecule has 9 heteroatoms. The van der Waals surface area contributed by atoms with Crippen LogP contribution in [0, 0.1) is 0 Å². The van der Waals surface area contributed by atoms with Crippen LogP contribution in [0.25, 0.3) is 11.4 Å². The van der Waals surface area contributed by atoms with Crippen molar-refractivity contribution >= 4 is 0 Å². The zero-order valence-corrected chi connectivity index (χ0v) is 8.69. The average molecular weight is 247 g/mol. The molecule has 0 radical (unpaired) electrons. The van der Waals surface area contributed by atoms with Crippen LogP contribution < -0.4 is 5.69 Å². The van der Waals surface area contributed by atoms with Gasteiger partial charge < -0.3 is 0 Å². The Morgan fingerprint density at radius 3 is 2.71 bits per heavy atom. The number of H-pyrrole nitrogens is 1. The van der Waals surface area contributed by atoms with Crippen molar-refractivity contribution in [2.24, 2.45) is 7.05 Å². The Morgan fingerprint density at radius 1 is 1.47 bits per heavy atom. The minimum Gasteiger partial charge on any atom is -0.278 e. The van der Waals surface area contributed by atoms with E-state index in [0.29, 0.717) is 5.56 Å². The highest BCUT2D eigenvalue weighted by Gasteiger charge is 2.28. The predicted molar refractivity (Wildman–Crippen MR) is 51.1 cm³/mol. The zero-order valence-electron chi connectivity index (χ0n) is 8.69. The van der Waals surface area contributed by atoms with Crippen LogP contribution in [-0.2, 0) is 13.6 Å². The van der Waals surface area contributed by atoms with Crippen LogP contribution >= 0.6 is 0 Å². The first-order valence-corrected chi connectivity index (χ1v) is 4.58. The fraction of sp³-hybridized carbons (Fsp3) is 0.375. The van der Waals surface area contributed by atoms with Crippen molar-refractivity contribution in [1.29, 1.82) is 0 Å². The Morgan fingerprint density at radius 2 is 2.18 bits per heavy atom. The molecule has 0 atom stereocenters. The Kier molecular flexibility index (Phi) is 2.52. The standard InChI is InChI=1S/C8H8F3N5O/c1-15-6(13-14-7(15)17)5-2-12-16(3-5)4-8(9,10)11/h2-3H,4H2,1H3,(H,14,17). The lowest BCUT2D eigenvalue weighted by Crippen LogP contribution is -2.17. The van der Waals surface area contributed by atoms with E-state index in [4.69, 9.17) is 0 Å². The lowest BCUT2D eigenvalue weighted by molar-refractivity contribution is -0.142. The molecule has 0 fully saturated rings. The second kappa shape index (κ2) is 3.75. The number of alkyl halides is 3. The molecule has 0 aliphatic heterocycles. The van der Waals surface area contributed by atoms with Gasteiger partial charge in [0.05, 0.1) is 11.8 Å². The maximum atomic E-state index is 12.1. The largest absolute Gasteiger partial charge is 0.408 e. The normalized spacial score (nSPS) is 12.0. The van der Waals surface area contributed by atoms with Crippen LogP contribution in [-0.4, -0.2) is 30.7 Å². The van der Waals surface area contributed by atoms with Crippen LogP contribution in [0.3, 0.4) is 0 Å². The molecular formula is C8H8F3N5O. The lowest BCUT2D eigenvalue weighted by atomic mass is 10.3.